The van der Waals surface area contributed by atoms with Crippen LogP contribution in [0.1, 0.15) is 40.9 Å². The number of aryl methyl sites for hydroxylation is 2. The van der Waals surface area contributed by atoms with E-state index in [9.17, 15) is 9.59 Å². The summed E-state index contributed by atoms with van der Waals surface area (Å²) >= 11 is 0. The monoisotopic (exact) mass is 341 g/mol. The highest BCUT2D eigenvalue weighted by atomic mass is 16.5. The van der Waals surface area contributed by atoms with Crippen LogP contribution in [0.5, 0.6) is 0 Å². The lowest BCUT2D eigenvalue weighted by atomic mass is 10.1. The number of anilines is 1. The van der Waals surface area contributed by atoms with Crippen LogP contribution in [-0.4, -0.2) is 35.3 Å². The first-order valence-electron chi connectivity index (χ1n) is 8.61. The van der Waals surface area contributed by atoms with Gasteiger partial charge in [0.25, 0.3) is 5.91 Å². The van der Waals surface area contributed by atoms with E-state index in [1.807, 2.05) is 35.9 Å². The van der Waals surface area contributed by atoms with Gasteiger partial charge in [-0.25, -0.2) is 0 Å². The Hall–Kier alpha value is -2.63. The van der Waals surface area contributed by atoms with Gasteiger partial charge in [0.2, 0.25) is 0 Å². The Balaban J connectivity index is 1.93. The molecule has 0 saturated carbocycles. The molecule has 0 aliphatic carbocycles. The molecule has 132 valence electrons. The third-order valence-electron chi connectivity index (χ3n) is 4.63. The predicted molar refractivity (Wildman–Crippen MR) is 94.7 cm³/mol. The minimum absolute atomic E-state index is 0.110. The van der Waals surface area contributed by atoms with E-state index in [0.29, 0.717) is 5.56 Å². The van der Waals surface area contributed by atoms with E-state index in [1.54, 1.807) is 11.1 Å². The Labute approximate surface area is 147 Å². The van der Waals surface area contributed by atoms with Gasteiger partial charge in [0.05, 0.1) is 31.0 Å². The van der Waals surface area contributed by atoms with Crippen molar-refractivity contribution in [2.75, 3.05) is 18.6 Å². The molecule has 0 unspecified atom stereocenters. The van der Waals surface area contributed by atoms with Gasteiger partial charge in [-0.2, -0.15) is 5.10 Å². The van der Waals surface area contributed by atoms with Gasteiger partial charge in [-0.3, -0.25) is 14.3 Å². The van der Waals surface area contributed by atoms with Gasteiger partial charge in [-0.15, -0.1) is 0 Å². The minimum Gasteiger partial charge on any atom is -0.469 e. The van der Waals surface area contributed by atoms with Crippen LogP contribution in [0.15, 0.2) is 30.5 Å². The number of methoxy groups -OCH3 is 1. The molecule has 1 aromatic carbocycles. The van der Waals surface area contributed by atoms with Crippen molar-refractivity contribution in [1.82, 2.24) is 9.78 Å². The number of hydrogen-bond donors (Lipinski definition) is 0. The number of para-hydroxylation sites is 1. The van der Waals surface area contributed by atoms with Crippen LogP contribution in [0.2, 0.25) is 0 Å². The van der Waals surface area contributed by atoms with Crippen molar-refractivity contribution in [3.63, 3.8) is 0 Å². The summed E-state index contributed by atoms with van der Waals surface area (Å²) in [5.74, 6) is -0.440. The SMILES string of the molecule is COC(=O)CCN(C(=O)c1cnn2c1CCCC2)c1ccccc1C. The average Bonchev–Trinajstić information content (AvgIpc) is 3.07. The first kappa shape index (κ1) is 17.2. The van der Waals surface area contributed by atoms with Gasteiger partial charge in [0.1, 0.15) is 0 Å². The molecule has 0 saturated heterocycles. The van der Waals surface area contributed by atoms with Crippen molar-refractivity contribution in [3.8, 4) is 0 Å². The summed E-state index contributed by atoms with van der Waals surface area (Å²) in [7, 11) is 1.36. The molecule has 0 bridgehead atoms. The summed E-state index contributed by atoms with van der Waals surface area (Å²) in [6.07, 6.45) is 4.83. The summed E-state index contributed by atoms with van der Waals surface area (Å²) in [6, 6.07) is 7.69. The van der Waals surface area contributed by atoms with Gasteiger partial charge >= 0.3 is 5.97 Å². The lowest BCUT2D eigenvalue weighted by molar-refractivity contribution is -0.140. The maximum atomic E-state index is 13.3. The second-order valence-corrected chi connectivity index (χ2v) is 6.25. The topological polar surface area (TPSA) is 64.4 Å². The zero-order chi connectivity index (χ0) is 17.8. The lowest BCUT2D eigenvalue weighted by Crippen LogP contribution is -2.34. The van der Waals surface area contributed by atoms with Crippen LogP contribution in [0, 0.1) is 6.92 Å². The normalized spacial score (nSPS) is 13.2. The fourth-order valence-corrected chi connectivity index (χ4v) is 3.25. The van der Waals surface area contributed by atoms with Gasteiger partial charge in [-0.05, 0) is 37.8 Å². The van der Waals surface area contributed by atoms with Crippen molar-refractivity contribution in [2.24, 2.45) is 0 Å². The van der Waals surface area contributed by atoms with E-state index >= 15 is 0 Å². The van der Waals surface area contributed by atoms with Gasteiger partial charge in [0, 0.05) is 18.8 Å². The van der Waals surface area contributed by atoms with Crippen molar-refractivity contribution >= 4 is 17.6 Å². The molecule has 1 aromatic heterocycles. The molecular formula is C19H23N3O3. The van der Waals surface area contributed by atoms with E-state index in [-0.39, 0.29) is 24.8 Å². The van der Waals surface area contributed by atoms with E-state index in [2.05, 4.69) is 5.10 Å². The molecule has 1 aliphatic heterocycles. The molecule has 25 heavy (non-hydrogen) atoms. The summed E-state index contributed by atoms with van der Waals surface area (Å²) in [6.45, 7) is 3.09. The van der Waals surface area contributed by atoms with E-state index in [1.165, 1.54) is 7.11 Å². The van der Waals surface area contributed by atoms with Crippen molar-refractivity contribution < 1.29 is 14.3 Å². The zero-order valence-corrected chi connectivity index (χ0v) is 14.7. The highest BCUT2D eigenvalue weighted by Crippen LogP contribution is 2.25. The van der Waals surface area contributed by atoms with Crippen molar-refractivity contribution in [1.29, 1.82) is 0 Å². The molecule has 0 spiro atoms. The highest BCUT2D eigenvalue weighted by Gasteiger charge is 2.26. The first-order valence-corrected chi connectivity index (χ1v) is 8.61. The lowest BCUT2D eigenvalue weighted by Gasteiger charge is -2.25. The number of carbonyl (C=O) groups excluding carboxylic acids is 2. The molecule has 1 aliphatic rings. The molecular weight excluding hydrogens is 318 g/mol. The highest BCUT2D eigenvalue weighted by molar-refractivity contribution is 6.07. The molecule has 6 nitrogen and oxygen atoms in total. The Morgan fingerprint density at radius 2 is 2.08 bits per heavy atom. The number of rotatable bonds is 5. The number of esters is 1. The van der Waals surface area contributed by atoms with Crippen molar-refractivity contribution in [3.05, 3.63) is 47.3 Å². The second kappa shape index (κ2) is 7.51. The van der Waals surface area contributed by atoms with Crippen LogP contribution >= 0.6 is 0 Å². The Morgan fingerprint density at radius 3 is 2.84 bits per heavy atom. The summed E-state index contributed by atoms with van der Waals surface area (Å²) < 4.78 is 6.66. The third kappa shape index (κ3) is 3.57. The van der Waals surface area contributed by atoms with Crippen LogP contribution in [0.25, 0.3) is 0 Å². The van der Waals surface area contributed by atoms with E-state index < -0.39 is 0 Å². The molecule has 2 heterocycles. The Kier molecular flexibility index (Phi) is 5.16. The number of nitrogens with zero attached hydrogens (tertiary/aromatic N) is 3. The number of carbonyl (C=O) groups is 2. The molecule has 6 heteroatoms. The number of benzene rings is 1. The summed E-state index contributed by atoms with van der Waals surface area (Å²) in [5, 5.41) is 4.37. The Morgan fingerprint density at radius 1 is 1.28 bits per heavy atom. The van der Waals surface area contributed by atoms with Gasteiger partial charge in [0.15, 0.2) is 0 Å². The number of aromatic nitrogens is 2. The molecule has 3 rings (SSSR count). The van der Waals surface area contributed by atoms with Crippen LogP contribution in [-0.2, 0) is 22.5 Å². The van der Waals surface area contributed by atoms with Crippen molar-refractivity contribution in [2.45, 2.75) is 39.2 Å². The fraction of sp³-hybridized carbons (Fsp3) is 0.421. The predicted octanol–water partition coefficient (Wildman–Crippen LogP) is 2.74. The largest absolute Gasteiger partial charge is 0.469 e. The summed E-state index contributed by atoms with van der Waals surface area (Å²) in [5.41, 5.74) is 3.43. The molecule has 1 amide bonds. The quantitative estimate of drug-likeness (QED) is 0.785. The number of hydrogen-bond acceptors (Lipinski definition) is 4. The third-order valence-corrected chi connectivity index (χ3v) is 4.63. The van der Waals surface area contributed by atoms with E-state index in [0.717, 1.165) is 42.8 Å². The van der Waals surface area contributed by atoms with Crippen LogP contribution in [0.3, 0.4) is 0 Å². The van der Waals surface area contributed by atoms with Crippen LogP contribution in [0.4, 0.5) is 5.69 Å². The molecule has 0 fully saturated rings. The fourth-order valence-electron chi connectivity index (χ4n) is 3.25. The Bertz CT molecular complexity index is 782. The van der Waals surface area contributed by atoms with Gasteiger partial charge in [-0.1, -0.05) is 18.2 Å². The molecule has 0 N–H and O–H groups in total. The minimum atomic E-state index is -0.330. The first-order chi connectivity index (χ1) is 12.1. The maximum Gasteiger partial charge on any atom is 0.307 e. The standard InChI is InChI=1S/C19H23N3O3/c1-14-7-3-4-8-16(14)21(12-10-18(23)25-2)19(24)15-13-20-22-11-6-5-9-17(15)22/h3-4,7-8,13H,5-6,9-12H2,1-2H3. The molecule has 2 aromatic rings. The number of amides is 1. The zero-order valence-electron chi connectivity index (χ0n) is 14.7. The average molecular weight is 341 g/mol. The number of fused-ring (bicyclic) bond motifs is 1. The molecule has 0 radical (unpaired) electrons. The van der Waals surface area contributed by atoms with E-state index in [4.69, 9.17) is 4.74 Å². The smallest absolute Gasteiger partial charge is 0.307 e. The number of ether oxygens (including phenoxy) is 1. The second-order valence-electron chi connectivity index (χ2n) is 6.25. The maximum absolute atomic E-state index is 13.3. The summed E-state index contributed by atoms with van der Waals surface area (Å²) in [4.78, 5) is 26.5. The van der Waals surface area contributed by atoms with Crippen LogP contribution < -0.4 is 4.90 Å². The molecule has 0 atom stereocenters. The van der Waals surface area contributed by atoms with Gasteiger partial charge < -0.3 is 9.64 Å².